The van der Waals surface area contributed by atoms with Crippen LogP contribution >= 0.6 is 21.7 Å². The van der Waals surface area contributed by atoms with E-state index in [9.17, 15) is 0 Å². The lowest BCUT2D eigenvalue weighted by atomic mass is 10.1. The maximum absolute atomic E-state index is 8.69. The van der Waals surface area contributed by atoms with Crippen LogP contribution in [0.25, 0.3) is 11.3 Å². The van der Waals surface area contributed by atoms with E-state index in [1.807, 2.05) is 30.3 Å². The summed E-state index contributed by atoms with van der Waals surface area (Å²) in [5.74, 6) is 1.53. The molecular formula is C13H15N2O2PS. The second-order valence-electron chi connectivity index (χ2n) is 3.91. The molecule has 100 valence electrons. The van der Waals surface area contributed by atoms with Crippen molar-refractivity contribution < 1.29 is 9.42 Å². The Balaban J connectivity index is 2.23. The van der Waals surface area contributed by atoms with Gasteiger partial charge in [-0.1, -0.05) is 18.2 Å². The summed E-state index contributed by atoms with van der Waals surface area (Å²) in [5.41, 5.74) is 2.92. The smallest absolute Gasteiger partial charge is 0.152 e. The number of hydrogen-bond donors (Lipinski definition) is 2. The molecule has 0 fully saturated rings. The van der Waals surface area contributed by atoms with Gasteiger partial charge >= 0.3 is 0 Å². The van der Waals surface area contributed by atoms with Crippen molar-refractivity contribution in [1.82, 2.24) is 9.97 Å². The summed E-state index contributed by atoms with van der Waals surface area (Å²) in [7, 11) is -0.490. The van der Waals surface area contributed by atoms with Crippen LogP contribution in [-0.2, 0) is 17.6 Å². The predicted molar refractivity (Wildman–Crippen MR) is 80.3 cm³/mol. The van der Waals surface area contributed by atoms with E-state index in [0.717, 1.165) is 34.8 Å². The van der Waals surface area contributed by atoms with E-state index in [0.29, 0.717) is 6.61 Å². The van der Waals surface area contributed by atoms with Gasteiger partial charge in [-0.05, 0) is 23.4 Å². The zero-order chi connectivity index (χ0) is 13.5. The molecule has 1 aromatic heterocycles. The molecule has 4 nitrogen and oxygen atoms in total. The van der Waals surface area contributed by atoms with Gasteiger partial charge in [0.1, 0.15) is 5.82 Å². The van der Waals surface area contributed by atoms with Gasteiger partial charge in [-0.2, -0.15) is 12.6 Å². The molecule has 0 aliphatic heterocycles. The first-order valence-electron chi connectivity index (χ1n) is 5.86. The molecule has 1 N–H and O–H groups in total. The molecule has 2 aromatic rings. The standard InChI is InChI=1S/C13H15N2O2PS/c16-18-17-9-10-2-1-3-11(8-10)12-4-6-14-13(15-12)5-7-19/h1-4,6,8,16,18-19H,5,7,9H2. The largest absolute Gasteiger partial charge is 0.352 e. The zero-order valence-corrected chi connectivity index (χ0v) is 12.2. The Morgan fingerprint density at radius 1 is 1.32 bits per heavy atom. The fraction of sp³-hybridized carbons (Fsp3) is 0.231. The van der Waals surface area contributed by atoms with E-state index in [1.54, 1.807) is 6.20 Å². The van der Waals surface area contributed by atoms with Gasteiger partial charge in [-0.25, -0.2) is 9.97 Å². The van der Waals surface area contributed by atoms with Gasteiger partial charge in [0.2, 0.25) is 0 Å². The zero-order valence-electron chi connectivity index (χ0n) is 10.3. The van der Waals surface area contributed by atoms with E-state index < -0.39 is 9.03 Å². The number of hydrogen-bond acceptors (Lipinski definition) is 5. The predicted octanol–water partition coefficient (Wildman–Crippen LogP) is 2.63. The van der Waals surface area contributed by atoms with Crippen LogP contribution in [0.2, 0.25) is 0 Å². The van der Waals surface area contributed by atoms with Crippen molar-refractivity contribution in [2.24, 2.45) is 0 Å². The maximum atomic E-state index is 8.69. The van der Waals surface area contributed by atoms with Crippen LogP contribution in [-0.4, -0.2) is 20.6 Å². The highest BCUT2D eigenvalue weighted by Crippen LogP contribution is 2.20. The molecule has 6 heteroatoms. The highest BCUT2D eigenvalue weighted by molar-refractivity contribution is 7.80. The lowest BCUT2D eigenvalue weighted by molar-refractivity contribution is 0.316. The molecule has 0 aliphatic carbocycles. The highest BCUT2D eigenvalue weighted by Gasteiger charge is 2.03. The maximum Gasteiger partial charge on any atom is 0.152 e. The summed E-state index contributed by atoms with van der Waals surface area (Å²) < 4.78 is 5.01. The van der Waals surface area contributed by atoms with Crippen molar-refractivity contribution in [2.75, 3.05) is 5.75 Å². The summed E-state index contributed by atoms with van der Waals surface area (Å²) in [5, 5.41) is 0. The minimum absolute atomic E-state index is 0.400. The third kappa shape index (κ3) is 4.25. The first kappa shape index (κ1) is 14.4. The molecule has 19 heavy (non-hydrogen) atoms. The molecule has 0 radical (unpaired) electrons. The average molecular weight is 294 g/mol. The Labute approximate surface area is 119 Å². The fourth-order valence-corrected chi connectivity index (χ4v) is 2.15. The summed E-state index contributed by atoms with van der Waals surface area (Å²) in [6.45, 7) is 0.400. The molecular weight excluding hydrogens is 279 g/mol. The molecule has 2 rings (SSSR count). The van der Waals surface area contributed by atoms with Crippen molar-refractivity contribution in [3.8, 4) is 11.3 Å². The van der Waals surface area contributed by atoms with E-state index in [4.69, 9.17) is 9.42 Å². The summed E-state index contributed by atoms with van der Waals surface area (Å²) in [4.78, 5) is 17.4. The summed E-state index contributed by atoms with van der Waals surface area (Å²) in [6.07, 6.45) is 2.52. The lowest BCUT2D eigenvalue weighted by Crippen LogP contribution is -1.97. The van der Waals surface area contributed by atoms with Crippen molar-refractivity contribution in [1.29, 1.82) is 0 Å². The number of benzene rings is 1. The molecule has 1 atom stereocenters. The third-order valence-electron chi connectivity index (χ3n) is 2.57. The monoisotopic (exact) mass is 294 g/mol. The SMILES string of the molecule is OPOCc1cccc(-c2ccnc(CCS)n2)c1. The molecule has 0 aliphatic rings. The molecule has 0 spiro atoms. The van der Waals surface area contributed by atoms with Crippen molar-refractivity contribution in [3.63, 3.8) is 0 Å². The quantitative estimate of drug-likeness (QED) is 0.635. The molecule has 1 heterocycles. The van der Waals surface area contributed by atoms with Crippen LogP contribution in [0.3, 0.4) is 0 Å². The average Bonchev–Trinajstić information content (AvgIpc) is 2.46. The van der Waals surface area contributed by atoms with Gasteiger partial charge in [0.25, 0.3) is 0 Å². The van der Waals surface area contributed by atoms with Crippen LogP contribution in [0.15, 0.2) is 36.5 Å². The van der Waals surface area contributed by atoms with Crippen molar-refractivity contribution in [3.05, 3.63) is 47.9 Å². The first-order valence-corrected chi connectivity index (χ1v) is 7.35. The normalized spacial score (nSPS) is 11.3. The molecule has 1 unspecified atom stereocenters. The third-order valence-corrected chi connectivity index (χ3v) is 3.06. The van der Waals surface area contributed by atoms with E-state index in [-0.39, 0.29) is 0 Å². The van der Waals surface area contributed by atoms with Crippen LogP contribution in [0.5, 0.6) is 0 Å². The lowest BCUT2D eigenvalue weighted by Gasteiger charge is -2.06. The van der Waals surface area contributed by atoms with Gasteiger partial charge < -0.3 is 9.42 Å². The second kappa shape index (κ2) is 7.56. The highest BCUT2D eigenvalue weighted by atomic mass is 32.1. The van der Waals surface area contributed by atoms with Crippen LogP contribution in [0, 0.1) is 0 Å². The van der Waals surface area contributed by atoms with Gasteiger partial charge in [0.15, 0.2) is 9.03 Å². The molecule has 0 saturated heterocycles. The number of rotatable bonds is 6. The number of nitrogens with zero attached hydrogens (tertiary/aromatic N) is 2. The Bertz CT molecular complexity index is 540. The van der Waals surface area contributed by atoms with E-state index in [2.05, 4.69) is 22.6 Å². The summed E-state index contributed by atoms with van der Waals surface area (Å²) >= 11 is 4.19. The molecule has 0 amide bonds. The summed E-state index contributed by atoms with van der Waals surface area (Å²) in [6, 6.07) is 9.80. The molecule has 0 bridgehead atoms. The van der Waals surface area contributed by atoms with Crippen LogP contribution in [0.1, 0.15) is 11.4 Å². The number of thiol groups is 1. The van der Waals surface area contributed by atoms with Gasteiger partial charge in [0.05, 0.1) is 12.3 Å². The van der Waals surface area contributed by atoms with Gasteiger partial charge in [-0.15, -0.1) is 0 Å². The Morgan fingerprint density at radius 3 is 3.00 bits per heavy atom. The van der Waals surface area contributed by atoms with Crippen LogP contribution in [0.4, 0.5) is 0 Å². The van der Waals surface area contributed by atoms with Crippen LogP contribution < -0.4 is 0 Å². The minimum atomic E-state index is -0.490. The first-order chi connectivity index (χ1) is 9.33. The van der Waals surface area contributed by atoms with Gasteiger partial charge in [0, 0.05) is 18.2 Å². The minimum Gasteiger partial charge on any atom is -0.352 e. The van der Waals surface area contributed by atoms with E-state index in [1.165, 1.54) is 0 Å². The fourth-order valence-electron chi connectivity index (χ4n) is 1.72. The Hall–Kier alpha value is -1.00. The Morgan fingerprint density at radius 2 is 2.21 bits per heavy atom. The molecule has 0 saturated carbocycles. The number of aromatic nitrogens is 2. The van der Waals surface area contributed by atoms with Gasteiger partial charge in [-0.3, -0.25) is 0 Å². The van der Waals surface area contributed by atoms with Crippen molar-refractivity contribution in [2.45, 2.75) is 13.0 Å². The molecule has 1 aromatic carbocycles. The second-order valence-corrected chi connectivity index (χ2v) is 4.83. The Kier molecular flexibility index (Phi) is 5.73. The topological polar surface area (TPSA) is 55.2 Å². The van der Waals surface area contributed by atoms with E-state index >= 15 is 0 Å². The number of aryl methyl sites for hydroxylation is 1. The van der Waals surface area contributed by atoms with Crippen molar-refractivity contribution >= 4 is 21.7 Å².